The van der Waals surface area contributed by atoms with Crippen LogP contribution in [-0.4, -0.2) is 11.4 Å². The van der Waals surface area contributed by atoms with Gasteiger partial charge in [0, 0.05) is 5.56 Å². The minimum atomic E-state index is 0.205. The van der Waals surface area contributed by atoms with E-state index in [1.807, 2.05) is 19.9 Å². The van der Waals surface area contributed by atoms with Gasteiger partial charge in [-0.15, -0.1) is 0 Å². The van der Waals surface area contributed by atoms with E-state index in [0.29, 0.717) is 5.56 Å². The number of aromatic hydroxyl groups is 1. The monoisotopic (exact) mass is 164 g/mol. The van der Waals surface area contributed by atoms with E-state index in [2.05, 4.69) is 0 Å². The van der Waals surface area contributed by atoms with Gasteiger partial charge in [0.25, 0.3) is 0 Å². The van der Waals surface area contributed by atoms with Gasteiger partial charge in [-0.2, -0.15) is 0 Å². The molecule has 64 valence electrons. The Morgan fingerprint density at radius 1 is 1.50 bits per heavy atom. The molecule has 0 bridgehead atoms. The molecule has 0 amide bonds. The summed E-state index contributed by atoms with van der Waals surface area (Å²) in [6.45, 7) is 3.85. The first-order valence-corrected chi connectivity index (χ1v) is 3.96. The predicted molar refractivity (Wildman–Crippen MR) is 47.6 cm³/mol. The maximum absolute atomic E-state index is 10.4. The highest BCUT2D eigenvalue weighted by Gasteiger charge is 2.03. The zero-order valence-electron chi connectivity index (χ0n) is 7.29. The minimum absolute atomic E-state index is 0.205. The van der Waals surface area contributed by atoms with Crippen molar-refractivity contribution in [1.29, 1.82) is 0 Å². The van der Waals surface area contributed by atoms with Crippen LogP contribution in [0.3, 0.4) is 0 Å². The molecule has 0 atom stereocenters. The molecule has 0 fully saturated rings. The van der Waals surface area contributed by atoms with Crippen molar-refractivity contribution < 1.29 is 9.90 Å². The van der Waals surface area contributed by atoms with Gasteiger partial charge in [-0.3, -0.25) is 4.79 Å². The number of aryl methyl sites for hydroxylation is 1. The summed E-state index contributed by atoms with van der Waals surface area (Å²) >= 11 is 0. The number of phenolic OH excluding ortho intramolecular Hbond substituents is 1. The largest absolute Gasteiger partial charge is 0.508 e. The Balaban J connectivity index is 3.28. The zero-order valence-corrected chi connectivity index (χ0v) is 7.29. The standard InChI is InChI=1S/C10H12O2/c1-3-9-4-8(6-11)5-10(12)7(9)2/h4-6,12H,3H2,1-2H3. The van der Waals surface area contributed by atoms with Gasteiger partial charge >= 0.3 is 0 Å². The highest BCUT2D eigenvalue weighted by Crippen LogP contribution is 2.22. The maximum atomic E-state index is 10.4. The fourth-order valence-corrected chi connectivity index (χ4v) is 1.22. The smallest absolute Gasteiger partial charge is 0.150 e. The van der Waals surface area contributed by atoms with Crippen molar-refractivity contribution in [3.8, 4) is 5.75 Å². The Morgan fingerprint density at radius 3 is 2.67 bits per heavy atom. The maximum Gasteiger partial charge on any atom is 0.150 e. The Kier molecular flexibility index (Phi) is 2.48. The van der Waals surface area contributed by atoms with Gasteiger partial charge in [0.15, 0.2) is 0 Å². The predicted octanol–water partition coefficient (Wildman–Crippen LogP) is 2.08. The lowest BCUT2D eigenvalue weighted by molar-refractivity contribution is 0.112. The molecule has 0 aromatic heterocycles. The van der Waals surface area contributed by atoms with Gasteiger partial charge in [-0.05, 0) is 36.6 Å². The molecule has 1 aromatic rings. The van der Waals surface area contributed by atoms with Gasteiger partial charge in [-0.25, -0.2) is 0 Å². The second kappa shape index (κ2) is 3.39. The second-order valence-corrected chi connectivity index (χ2v) is 2.80. The van der Waals surface area contributed by atoms with Crippen LogP contribution in [0.2, 0.25) is 0 Å². The lowest BCUT2D eigenvalue weighted by atomic mass is 10.0. The van der Waals surface area contributed by atoms with Crippen molar-refractivity contribution >= 4 is 6.29 Å². The van der Waals surface area contributed by atoms with Crippen molar-refractivity contribution in [2.75, 3.05) is 0 Å². The third-order valence-electron chi connectivity index (χ3n) is 2.03. The molecule has 0 aliphatic carbocycles. The van der Waals surface area contributed by atoms with Crippen molar-refractivity contribution in [3.63, 3.8) is 0 Å². The van der Waals surface area contributed by atoms with E-state index in [4.69, 9.17) is 0 Å². The van der Waals surface area contributed by atoms with Crippen LogP contribution in [0.15, 0.2) is 12.1 Å². The van der Waals surface area contributed by atoms with Gasteiger partial charge in [0.2, 0.25) is 0 Å². The SMILES string of the molecule is CCc1cc(C=O)cc(O)c1C. The summed E-state index contributed by atoms with van der Waals surface area (Å²) in [6, 6.07) is 3.30. The fraction of sp³-hybridized carbons (Fsp3) is 0.300. The van der Waals surface area contributed by atoms with Crippen molar-refractivity contribution in [3.05, 3.63) is 28.8 Å². The van der Waals surface area contributed by atoms with Crippen molar-refractivity contribution in [1.82, 2.24) is 0 Å². The van der Waals surface area contributed by atoms with E-state index >= 15 is 0 Å². The van der Waals surface area contributed by atoms with E-state index in [0.717, 1.165) is 23.8 Å². The molecule has 1 N–H and O–H groups in total. The number of hydrogen-bond acceptors (Lipinski definition) is 2. The summed E-state index contributed by atoms with van der Waals surface area (Å²) in [5.41, 5.74) is 2.43. The van der Waals surface area contributed by atoms with Gasteiger partial charge in [0.05, 0.1) is 0 Å². The highest BCUT2D eigenvalue weighted by molar-refractivity contribution is 5.76. The summed E-state index contributed by atoms with van der Waals surface area (Å²) in [5.74, 6) is 0.205. The summed E-state index contributed by atoms with van der Waals surface area (Å²) in [6.07, 6.45) is 1.58. The van der Waals surface area contributed by atoms with Gasteiger partial charge in [-0.1, -0.05) is 6.92 Å². The molecular formula is C10H12O2. The van der Waals surface area contributed by atoms with Crippen LogP contribution in [0.4, 0.5) is 0 Å². The van der Waals surface area contributed by atoms with Crippen LogP contribution in [-0.2, 0) is 6.42 Å². The highest BCUT2D eigenvalue weighted by atomic mass is 16.3. The van der Waals surface area contributed by atoms with Crippen molar-refractivity contribution in [2.45, 2.75) is 20.3 Å². The average Bonchev–Trinajstić information content (AvgIpc) is 2.09. The molecule has 0 aliphatic heterocycles. The summed E-state index contributed by atoms with van der Waals surface area (Å²) in [7, 11) is 0. The van der Waals surface area contributed by atoms with Crippen LogP contribution in [0.5, 0.6) is 5.75 Å². The zero-order chi connectivity index (χ0) is 9.14. The lowest BCUT2D eigenvalue weighted by Gasteiger charge is -2.05. The van der Waals surface area contributed by atoms with E-state index in [1.54, 1.807) is 0 Å². The molecule has 0 radical (unpaired) electrons. The van der Waals surface area contributed by atoms with Crippen LogP contribution in [0.1, 0.15) is 28.4 Å². The number of phenols is 1. The third-order valence-corrected chi connectivity index (χ3v) is 2.03. The van der Waals surface area contributed by atoms with Crippen LogP contribution in [0, 0.1) is 6.92 Å². The summed E-state index contributed by atoms with van der Waals surface area (Å²) < 4.78 is 0. The van der Waals surface area contributed by atoms with Gasteiger partial charge < -0.3 is 5.11 Å². The first-order valence-electron chi connectivity index (χ1n) is 3.96. The molecule has 0 heterocycles. The Bertz CT molecular complexity index is 303. The number of hydrogen-bond donors (Lipinski definition) is 1. The van der Waals surface area contributed by atoms with E-state index in [9.17, 15) is 9.90 Å². The van der Waals surface area contributed by atoms with E-state index in [1.165, 1.54) is 6.07 Å². The molecule has 0 aliphatic rings. The molecule has 2 nitrogen and oxygen atoms in total. The molecule has 0 saturated carbocycles. The average molecular weight is 164 g/mol. The summed E-state index contributed by atoms with van der Waals surface area (Å²) in [4.78, 5) is 10.4. The first kappa shape index (κ1) is 8.78. The molecular weight excluding hydrogens is 152 g/mol. The van der Waals surface area contributed by atoms with E-state index < -0.39 is 0 Å². The Morgan fingerprint density at radius 2 is 2.17 bits per heavy atom. The van der Waals surface area contributed by atoms with Crippen LogP contribution >= 0.6 is 0 Å². The number of carbonyl (C=O) groups is 1. The number of benzene rings is 1. The topological polar surface area (TPSA) is 37.3 Å². The van der Waals surface area contributed by atoms with Gasteiger partial charge in [0.1, 0.15) is 12.0 Å². The number of aldehydes is 1. The Hall–Kier alpha value is -1.31. The van der Waals surface area contributed by atoms with Crippen LogP contribution in [0.25, 0.3) is 0 Å². The molecule has 1 aromatic carbocycles. The number of rotatable bonds is 2. The second-order valence-electron chi connectivity index (χ2n) is 2.80. The minimum Gasteiger partial charge on any atom is -0.508 e. The molecule has 2 heteroatoms. The Labute approximate surface area is 71.8 Å². The first-order chi connectivity index (χ1) is 5.69. The number of carbonyl (C=O) groups excluding carboxylic acids is 1. The summed E-state index contributed by atoms with van der Waals surface area (Å²) in [5, 5.41) is 9.38. The molecule has 0 unspecified atom stereocenters. The lowest BCUT2D eigenvalue weighted by Crippen LogP contribution is -1.90. The van der Waals surface area contributed by atoms with Crippen LogP contribution < -0.4 is 0 Å². The van der Waals surface area contributed by atoms with Crippen molar-refractivity contribution in [2.24, 2.45) is 0 Å². The quantitative estimate of drug-likeness (QED) is 0.679. The third kappa shape index (κ3) is 1.47. The van der Waals surface area contributed by atoms with E-state index in [-0.39, 0.29) is 5.75 Å². The molecule has 12 heavy (non-hydrogen) atoms. The fourth-order valence-electron chi connectivity index (χ4n) is 1.22. The normalized spacial score (nSPS) is 9.83. The molecule has 0 saturated heterocycles. The molecule has 1 rings (SSSR count). The molecule has 0 spiro atoms.